The smallest absolute Gasteiger partial charge is 0.267 e. The number of carbonyl (C=O) groups is 1. The Bertz CT molecular complexity index is 1070. The van der Waals surface area contributed by atoms with Gasteiger partial charge in [0.05, 0.1) is 0 Å². The number of anilines is 2. The first-order valence-electron chi connectivity index (χ1n) is 9.13. The Morgan fingerprint density at radius 2 is 1.55 bits per heavy atom. The van der Waals surface area contributed by atoms with Crippen molar-refractivity contribution in [3.63, 3.8) is 0 Å². The van der Waals surface area contributed by atoms with E-state index in [1.165, 1.54) is 11.8 Å². The fourth-order valence-electron chi connectivity index (χ4n) is 2.56. The lowest BCUT2D eigenvalue weighted by Gasteiger charge is -2.08. The van der Waals surface area contributed by atoms with Crippen molar-refractivity contribution < 1.29 is 9.53 Å². The van der Waals surface area contributed by atoms with E-state index in [0.717, 1.165) is 17.0 Å². The minimum atomic E-state index is -0.486. The Morgan fingerprint density at radius 1 is 0.897 bits per heavy atom. The van der Waals surface area contributed by atoms with Crippen LogP contribution in [0.2, 0.25) is 0 Å². The van der Waals surface area contributed by atoms with E-state index in [4.69, 9.17) is 4.74 Å². The molecule has 3 aromatic rings. The van der Waals surface area contributed by atoms with Crippen molar-refractivity contribution in [3.05, 3.63) is 95.7 Å². The zero-order chi connectivity index (χ0) is 20.6. The van der Waals surface area contributed by atoms with Gasteiger partial charge in [0.1, 0.15) is 23.1 Å². The molecule has 3 rings (SSSR count). The number of para-hydroxylation sites is 1. The average molecular weight is 383 g/mol. The molecule has 0 aliphatic carbocycles. The van der Waals surface area contributed by atoms with Gasteiger partial charge in [0.15, 0.2) is 0 Å². The molecule has 0 fully saturated rings. The molecule has 0 radical (unpaired) electrons. The van der Waals surface area contributed by atoms with Gasteiger partial charge in [0, 0.05) is 17.6 Å². The Labute approximate surface area is 170 Å². The van der Waals surface area contributed by atoms with Gasteiger partial charge in [-0.05, 0) is 73.5 Å². The minimum absolute atomic E-state index is 0.0205. The van der Waals surface area contributed by atoms with Gasteiger partial charge >= 0.3 is 0 Å². The molecule has 0 unspecified atom stereocenters. The van der Waals surface area contributed by atoms with Gasteiger partial charge in [-0.2, -0.15) is 5.26 Å². The molecule has 0 saturated carbocycles. The van der Waals surface area contributed by atoms with Crippen LogP contribution in [-0.2, 0) is 4.79 Å². The van der Waals surface area contributed by atoms with Crippen LogP contribution in [0.5, 0.6) is 11.5 Å². The van der Waals surface area contributed by atoms with E-state index in [2.05, 4.69) is 10.6 Å². The summed E-state index contributed by atoms with van der Waals surface area (Å²) in [5, 5.41) is 15.0. The zero-order valence-electron chi connectivity index (χ0n) is 16.3. The highest BCUT2D eigenvalue weighted by Crippen LogP contribution is 2.23. The van der Waals surface area contributed by atoms with Crippen LogP contribution in [0, 0.1) is 25.2 Å². The van der Waals surface area contributed by atoms with E-state index in [-0.39, 0.29) is 5.57 Å². The van der Waals surface area contributed by atoms with E-state index >= 15 is 0 Å². The highest BCUT2D eigenvalue weighted by Gasteiger charge is 2.09. The van der Waals surface area contributed by atoms with Crippen molar-refractivity contribution in [2.45, 2.75) is 13.8 Å². The van der Waals surface area contributed by atoms with E-state index in [1.54, 1.807) is 24.3 Å². The highest BCUT2D eigenvalue weighted by molar-refractivity contribution is 6.06. The number of ether oxygens (including phenoxy) is 1. The molecule has 0 saturated heterocycles. The maximum Gasteiger partial charge on any atom is 0.267 e. The third-order valence-electron chi connectivity index (χ3n) is 4.35. The topological polar surface area (TPSA) is 74.2 Å². The van der Waals surface area contributed by atoms with Crippen molar-refractivity contribution in [3.8, 4) is 17.6 Å². The lowest BCUT2D eigenvalue weighted by molar-refractivity contribution is -0.112. The number of nitrogens with one attached hydrogen (secondary N) is 2. The third kappa shape index (κ3) is 5.47. The first kappa shape index (κ1) is 19.7. The van der Waals surface area contributed by atoms with E-state index in [0.29, 0.717) is 11.4 Å². The summed E-state index contributed by atoms with van der Waals surface area (Å²) in [7, 11) is 0. The molecule has 0 heterocycles. The summed E-state index contributed by atoms with van der Waals surface area (Å²) in [6.45, 7) is 4.03. The zero-order valence-corrected chi connectivity index (χ0v) is 16.3. The fourth-order valence-corrected chi connectivity index (χ4v) is 2.56. The second kappa shape index (κ2) is 9.25. The summed E-state index contributed by atoms with van der Waals surface area (Å²) in [6, 6.07) is 24.2. The first-order chi connectivity index (χ1) is 14.0. The normalized spacial score (nSPS) is 10.7. The summed E-state index contributed by atoms with van der Waals surface area (Å²) in [6.07, 6.45) is 1.41. The van der Waals surface area contributed by atoms with E-state index in [9.17, 15) is 10.1 Å². The minimum Gasteiger partial charge on any atom is -0.457 e. The van der Waals surface area contributed by atoms with Gasteiger partial charge in [-0.1, -0.05) is 24.3 Å². The average Bonchev–Trinajstić information content (AvgIpc) is 2.73. The lowest BCUT2D eigenvalue weighted by Crippen LogP contribution is -2.14. The Balaban J connectivity index is 1.63. The number of nitrogens with zero attached hydrogens (tertiary/aromatic N) is 1. The summed E-state index contributed by atoms with van der Waals surface area (Å²) in [5.41, 5.74) is 3.67. The quantitative estimate of drug-likeness (QED) is 0.432. The first-order valence-corrected chi connectivity index (χ1v) is 9.13. The van der Waals surface area contributed by atoms with Crippen molar-refractivity contribution in [2.24, 2.45) is 0 Å². The summed E-state index contributed by atoms with van der Waals surface area (Å²) in [5.74, 6) is 0.901. The van der Waals surface area contributed by atoms with Gasteiger partial charge in [-0.3, -0.25) is 4.79 Å². The Hall–Kier alpha value is -4.04. The maximum atomic E-state index is 12.4. The van der Waals surface area contributed by atoms with Crippen LogP contribution < -0.4 is 15.4 Å². The SMILES string of the molecule is Cc1ccc(N/C=C(/C#N)C(=O)Nc2ccc(Oc3ccccc3)cc2)cc1C. The van der Waals surface area contributed by atoms with Crippen LogP contribution in [-0.4, -0.2) is 5.91 Å². The predicted molar refractivity (Wildman–Crippen MR) is 115 cm³/mol. The fraction of sp³-hybridized carbons (Fsp3) is 0.0833. The van der Waals surface area contributed by atoms with Crippen LogP contribution in [0.4, 0.5) is 11.4 Å². The molecule has 5 nitrogen and oxygen atoms in total. The molecule has 1 amide bonds. The van der Waals surface area contributed by atoms with E-state index < -0.39 is 5.91 Å². The van der Waals surface area contributed by atoms with Gasteiger partial charge in [0.25, 0.3) is 5.91 Å². The van der Waals surface area contributed by atoms with Gasteiger partial charge < -0.3 is 15.4 Å². The number of aryl methyl sites for hydroxylation is 2. The Morgan fingerprint density at radius 3 is 2.21 bits per heavy atom. The monoisotopic (exact) mass is 383 g/mol. The largest absolute Gasteiger partial charge is 0.457 e. The molecule has 0 aliphatic heterocycles. The van der Waals surface area contributed by atoms with Crippen LogP contribution in [0.25, 0.3) is 0 Å². The molecule has 29 heavy (non-hydrogen) atoms. The van der Waals surface area contributed by atoms with Gasteiger partial charge in [-0.15, -0.1) is 0 Å². The van der Waals surface area contributed by atoms with Crippen molar-refractivity contribution >= 4 is 17.3 Å². The summed E-state index contributed by atoms with van der Waals surface area (Å²) in [4.78, 5) is 12.4. The van der Waals surface area contributed by atoms with E-state index in [1.807, 2.05) is 68.4 Å². The number of amides is 1. The van der Waals surface area contributed by atoms with Crippen molar-refractivity contribution in [1.82, 2.24) is 0 Å². The standard InChI is InChI=1S/C24H21N3O2/c1-17-8-9-21(14-18(17)2)26-16-19(15-25)24(28)27-20-10-12-23(13-11-20)29-22-6-4-3-5-7-22/h3-14,16,26H,1-2H3,(H,27,28)/b19-16-. The van der Waals surface area contributed by atoms with Gasteiger partial charge in [0.2, 0.25) is 0 Å². The van der Waals surface area contributed by atoms with Crippen LogP contribution in [0.3, 0.4) is 0 Å². The van der Waals surface area contributed by atoms with Crippen LogP contribution in [0.1, 0.15) is 11.1 Å². The van der Waals surface area contributed by atoms with Crippen LogP contribution >= 0.6 is 0 Å². The number of benzene rings is 3. The summed E-state index contributed by atoms with van der Waals surface area (Å²) < 4.78 is 5.73. The molecule has 144 valence electrons. The number of rotatable bonds is 6. The number of carbonyl (C=O) groups excluding carboxylic acids is 1. The molecule has 5 heteroatoms. The van der Waals surface area contributed by atoms with Crippen molar-refractivity contribution in [1.29, 1.82) is 5.26 Å². The molecule has 2 N–H and O–H groups in total. The number of hydrogen-bond acceptors (Lipinski definition) is 4. The molecule has 0 aromatic heterocycles. The molecule has 0 spiro atoms. The number of hydrogen-bond donors (Lipinski definition) is 2. The molecule has 0 atom stereocenters. The second-order valence-electron chi connectivity index (χ2n) is 6.51. The molecule has 0 bridgehead atoms. The third-order valence-corrected chi connectivity index (χ3v) is 4.35. The maximum absolute atomic E-state index is 12.4. The number of nitriles is 1. The molecular weight excluding hydrogens is 362 g/mol. The second-order valence-corrected chi connectivity index (χ2v) is 6.51. The predicted octanol–water partition coefficient (Wildman–Crippen LogP) is 5.55. The lowest BCUT2D eigenvalue weighted by atomic mass is 10.1. The van der Waals surface area contributed by atoms with Crippen LogP contribution in [0.15, 0.2) is 84.6 Å². The van der Waals surface area contributed by atoms with Crippen molar-refractivity contribution in [2.75, 3.05) is 10.6 Å². The van der Waals surface area contributed by atoms with Gasteiger partial charge in [-0.25, -0.2) is 0 Å². The molecular formula is C24H21N3O2. The summed E-state index contributed by atoms with van der Waals surface area (Å²) >= 11 is 0. The Kier molecular flexibility index (Phi) is 6.29. The highest BCUT2D eigenvalue weighted by atomic mass is 16.5. The molecule has 3 aromatic carbocycles. The molecule has 0 aliphatic rings.